The highest BCUT2D eigenvalue weighted by atomic mass is 32.1. The van der Waals surface area contributed by atoms with E-state index in [2.05, 4.69) is 22.1 Å². The Morgan fingerprint density at radius 2 is 2.33 bits per heavy atom. The molecule has 4 nitrogen and oxygen atoms in total. The summed E-state index contributed by atoms with van der Waals surface area (Å²) in [5.74, 6) is 5.65. The highest BCUT2D eigenvalue weighted by molar-refractivity contribution is 7.09. The first-order valence-electron chi connectivity index (χ1n) is 6.62. The summed E-state index contributed by atoms with van der Waals surface area (Å²) >= 11 is 1.47. The van der Waals surface area contributed by atoms with Gasteiger partial charge < -0.3 is 11.1 Å². The molecule has 0 spiro atoms. The first-order chi connectivity index (χ1) is 10.1. The van der Waals surface area contributed by atoms with E-state index in [0.717, 1.165) is 16.1 Å². The fourth-order valence-electron chi connectivity index (χ4n) is 1.86. The van der Waals surface area contributed by atoms with Gasteiger partial charge in [-0.1, -0.05) is 24.0 Å². The number of hydrogen-bond donors (Lipinski definition) is 2. The normalized spacial score (nSPS) is 11.4. The van der Waals surface area contributed by atoms with E-state index in [4.69, 9.17) is 5.73 Å². The molecular formula is C16H17N3OS. The lowest BCUT2D eigenvalue weighted by atomic mass is 10.1. The van der Waals surface area contributed by atoms with Crippen LogP contribution in [0.25, 0.3) is 0 Å². The number of aryl methyl sites for hydroxylation is 1. The van der Waals surface area contributed by atoms with Crippen LogP contribution in [0, 0.1) is 18.8 Å². The molecule has 0 radical (unpaired) electrons. The van der Waals surface area contributed by atoms with Gasteiger partial charge >= 0.3 is 0 Å². The number of nitrogens with two attached hydrogens (primary N) is 1. The number of aromatic nitrogens is 1. The Morgan fingerprint density at radius 1 is 1.52 bits per heavy atom. The summed E-state index contributed by atoms with van der Waals surface area (Å²) in [7, 11) is 0. The van der Waals surface area contributed by atoms with Crippen molar-refractivity contribution in [3.8, 4) is 11.8 Å². The number of hydrogen-bond acceptors (Lipinski definition) is 4. The van der Waals surface area contributed by atoms with Crippen LogP contribution in [0.3, 0.4) is 0 Å². The zero-order chi connectivity index (χ0) is 15.2. The van der Waals surface area contributed by atoms with Crippen LogP contribution < -0.4 is 11.1 Å². The molecule has 1 atom stereocenters. The van der Waals surface area contributed by atoms with Crippen molar-refractivity contribution in [3.63, 3.8) is 0 Å². The second-order valence-electron chi connectivity index (χ2n) is 4.58. The van der Waals surface area contributed by atoms with Crippen LogP contribution in [0.1, 0.15) is 39.6 Å². The van der Waals surface area contributed by atoms with Crippen molar-refractivity contribution < 1.29 is 4.79 Å². The van der Waals surface area contributed by atoms with Gasteiger partial charge in [-0.3, -0.25) is 4.79 Å². The summed E-state index contributed by atoms with van der Waals surface area (Å²) in [4.78, 5) is 16.3. The van der Waals surface area contributed by atoms with Gasteiger partial charge in [-0.25, -0.2) is 4.98 Å². The molecular weight excluding hydrogens is 282 g/mol. The van der Waals surface area contributed by atoms with Crippen molar-refractivity contribution in [1.29, 1.82) is 0 Å². The number of nitrogens with one attached hydrogen (secondary N) is 1. The largest absolute Gasteiger partial charge is 0.344 e. The van der Waals surface area contributed by atoms with E-state index >= 15 is 0 Å². The second-order valence-corrected chi connectivity index (χ2v) is 5.64. The molecule has 5 heteroatoms. The molecule has 0 fully saturated rings. The minimum absolute atomic E-state index is 0.112. The Hall–Kier alpha value is -2.16. The molecule has 2 rings (SSSR count). The Kier molecular flexibility index (Phi) is 5.09. The quantitative estimate of drug-likeness (QED) is 0.854. The average molecular weight is 299 g/mol. The molecule has 21 heavy (non-hydrogen) atoms. The molecule has 1 heterocycles. The van der Waals surface area contributed by atoms with Gasteiger partial charge in [0, 0.05) is 10.9 Å². The zero-order valence-corrected chi connectivity index (χ0v) is 12.8. The number of carbonyl (C=O) groups is 1. The van der Waals surface area contributed by atoms with Crippen LogP contribution in [0.2, 0.25) is 0 Å². The Bertz CT molecular complexity index is 697. The maximum absolute atomic E-state index is 12.1. The van der Waals surface area contributed by atoms with Crippen LogP contribution >= 0.6 is 11.3 Å². The lowest BCUT2D eigenvalue weighted by Gasteiger charge is -2.13. The third kappa shape index (κ3) is 4.15. The predicted octanol–water partition coefficient (Wildman–Crippen LogP) is 2.25. The molecule has 0 saturated heterocycles. The highest BCUT2D eigenvalue weighted by Crippen LogP contribution is 2.15. The minimum Gasteiger partial charge on any atom is -0.344 e. The molecule has 3 N–H and O–H groups in total. The van der Waals surface area contributed by atoms with Crippen molar-refractivity contribution in [3.05, 3.63) is 51.5 Å². The maximum atomic E-state index is 12.1. The minimum atomic E-state index is -0.162. The Morgan fingerprint density at radius 3 is 3.00 bits per heavy atom. The second kappa shape index (κ2) is 7.02. The first kappa shape index (κ1) is 15.2. The van der Waals surface area contributed by atoms with E-state index in [-0.39, 0.29) is 11.9 Å². The third-order valence-corrected chi connectivity index (χ3v) is 3.69. The van der Waals surface area contributed by atoms with Gasteiger partial charge in [0.15, 0.2) is 0 Å². The molecule has 0 aliphatic heterocycles. The molecule has 1 aromatic carbocycles. The van der Waals surface area contributed by atoms with Crippen LogP contribution in [0.5, 0.6) is 0 Å². The fraction of sp³-hybridized carbons (Fsp3) is 0.250. The summed E-state index contributed by atoms with van der Waals surface area (Å²) in [5, 5.41) is 5.59. The van der Waals surface area contributed by atoms with Crippen LogP contribution in [-0.2, 0) is 0 Å². The smallest absolute Gasteiger partial charge is 0.271 e. The molecule has 1 amide bonds. The molecule has 0 bridgehead atoms. The number of thiazole rings is 1. The summed E-state index contributed by atoms with van der Waals surface area (Å²) in [5.41, 5.74) is 7.72. The van der Waals surface area contributed by atoms with E-state index in [1.165, 1.54) is 11.3 Å². The van der Waals surface area contributed by atoms with E-state index < -0.39 is 0 Å². The first-order valence-corrected chi connectivity index (χ1v) is 7.50. The number of carbonyl (C=O) groups excluding carboxylic acids is 1. The van der Waals surface area contributed by atoms with Crippen molar-refractivity contribution in [2.24, 2.45) is 5.73 Å². The van der Waals surface area contributed by atoms with Gasteiger partial charge in [-0.15, -0.1) is 11.3 Å². The van der Waals surface area contributed by atoms with Crippen molar-refractivity contribution in [2.75, 3.05) is 6.54 Å². The van der Waals surface area contributed by atoms with Crippen molar-refractivity contribution in [2.45, 2.75) is 19.9 Å². The predicted molar refractivity (Wildman–Crippen MR) is 85.1 cm³/mol. The zero-order valence-electron chi connectivity index (χ0n) is 12.0. The molecule has 2 aromatic rings. The summed E-state index contributed by atoms with van der Waals surface area (Å²) in [6.45, 7) is 4.15. The van der Waals surface area contributed by atoms with Gasteiger partial charge in [0.05, 0.1) is 17.6 Å². The van der Waals surface area contributed by atoms with Crippen molar-refractivity contribution in [1.82, 2.24) is 10.3 Å². The SMILES string of the molecule is Cc1nc(C(=O)NC(C)c2cccc(C#CCN)c2)cs1. The van der Waals surface area contributed by atoms with Gasteiger partial charge in [-0.2, -0.15) is 0 Å². The Labute approximate surface area is 128 Å². The van der Waals surface area contributed by atoms with E-state index in [1.54, 1.807) is 5.38 Å². The van der Waals surface area contributed by atoms with Gasteiger partial charge in [0.2, 0.25) is 0 Å². The highest BCUT2D eigenvalue weighted by Gasteiger charge is 2.13. The molecule has 0 saturated carbocycles. The van der Waals surface area contributed by atoms with Crippen molar-refractivity contribution >= 4 is 17.2 Å². The lowest BCUT2D eigenvalue weighted by Crippen LogP contribution is -2.26. The standard InChI is InChI=1S/C16H17N3OS/c1-11(18-16(20)15-10-21-12(2)19-15)14-7-3-5-13(9-14)6-4-8-17/h3,5,7,9-11H,8,17H2,1-2H3,(H,18,20). The van der Waals surface area contributed by atoms with E-state index in [0.29, 0.717) is 12.2 Å². The average Bonchev–Trinajstić information content (AvgIpc) is 2.92. The monoisotopic (exact) mass is 299 g/mol. The maximum Gasteiger partial charge on any atom is 0.271 e. The molecule has 0 aliphatic rings. The number of benzene rings is 1. The lowest BCUT2D eigenvalue weighted by molar-refractivity contribution is 0.0935. The molecule has 108 valence electrons. The third-order valence-electron chi connectivity index (χ3n) is 2.92. The van der Waals surface area contributed by atoms with E-state index in [9.17, 15) is 4.79 Å². The number of rotatable bonds is 3. The van der Waals surface area contributed by atoms with Gasteiger partial charge in [0.1, 0.15) is 5.69 Å². The fourth-order valence-corrected chi connectivity index (χ4v) is 2.45. The van der Waals surface area contributed by atoms with Crippen LogP contribution in [0.4, 0.5) is 0 Å². The summed E-state index contributed by atoms with van der Waals surface area (Å²) in [6, 6.07) is 7.65. The van der Waals surface area contributed by atoms with Crippen LogP contribution in [-0.4, -0.2) is 17.4 Å². The molecule has 1 unspecified atom stereocenters. The molecule has 1 aromatic heterocycles. The summed E-state index contributed by atoms with van der Waals surface area (Å²) in [6.07, 6.45) is 0. The number of nitrogens with zero attached hydrogens (tertiary/aromatic N) is 1. The molecule has 0 aliphatic carbocycles. The van der Waals surface area contributed by atoms with Crippen LogP contribution in [0.15, 0.2) is 29.6 Å². The Balaban J connectivity index is 2.09. The topological polar surface area (TPSA) is 68.0 Å². The van der Waals surface area contributed by atoms with Gasteiger partial charge in [0.25, 0.3) is 5.91 Å². The van der Waals surface area contributed by atoms with E-state index in [1.807, 2.05) is 38.1 Å². The number of amides is 1. The van der Waals surface area contributed by atoms with Gasteiger partial charge in [-0.05, 0) is 31.5 Å². The summed E-state index contributed by atoms with van der Waals surface area (Å²) < 4.78 is 0.